The highest BCUT2D eigenvalue weighted by atomic mass is 35.5. The molecule has 1 fully saturated rings. The van der Waals surface area contributed by atoms with Gasteiger partial charge in [-0.25, -0.2) is 0 Å². The number of amides is 1. The maximum absolute atomic E-state index is 12.8. The molecule has 2 N–H and O–H groups in total. The highest BCUT2D eigenvalue weighted by Gasteiger charge is 2.35. The van der Waals surface area contributed by atoms with Crippen LogP contribution in [0.3, 0.4) is 0 Å². The second kappa shape index (κ2) is 6.86. The Bertz CT molecular complexity index is 913. The zero-order chi connectivity index (χ0) is 18.1. The number of β-amino-alcohol motifs (C(OH)–C–C–N with tert-alkyl or cyclic N) is 1. The maximum Gasteiger partial charge on any atom is 0.271 e. The molecule has 1 amide bonds. The van der Waals surface area contributed by atoms with Gasteiger partial charge in [0.2, 0.25) is 0 Å². The maximum atomic E-state index is 12.8. The predicted molar refractivity (Wildman–Crippen MR) is 95.7 cm³/mol. The monoisotopic (exact) mass is 369 g/mol. The van der Waals surface area contributed by atoms with Crippen LogP contribution in [0.15, 0.2) is 48.8 Å². The van der Waals surface area contributed by atoms with Crippen LogP contribution in [-0.4, -0.2) is 55.5 Å². The average molecular weight is 370 g/mol. The second-order valence-electron chi connectivity index (χ2n) is 6.23. The quantitative estimate of drug-likeness (QED) is 0.737. The van der Waals surface area contributed by atoms with Crippen LogP contribution in [0.25, 0.3) is 11.3 Å². The molecule has 3 heterocycles. The minimum Gasteiger partial charge on any atom is -0.391 e. The standard InChI is InChI=1S/C18H16ClN5O2/c19-13-3-1-11(2-4-13)14-9-24(10-17(14)25)18(26)16-7-15(22-23-16)12-5-6-20-21-8-12/h1-8,14,17,25H,9-10H2,(H,22,23)/t14-,17-/m1/s1. The van der Waals surface area contributed by atoms with Gasteiger partial charge in [0.1, 0.15) is 5.69 Å². The fraction of sp³-hybridized carbons (Fsp3) is 0.222. The van der Waals surface area contributed by atoms with Crippen LogP contribution in [0, 0.1) is 0 Å². The van der Waals surface area contributed by atoms with Crippen molar-refractivity contribution >= 4 is 17.5 Å². The van der Waals surface area contributed by atoms with E-state index >= 15 is 0 Å². The van der Waals surface area contributed by atoms with Crippen LogP contribution in [-0.2, 0) is 0 Å². The zero-order valence-corrected chi connectivity index (χ0v) is 14.5. The molecule has 1 saturated heterocycles. The highest BCUT2D eigenvalue weighted by Crippen LogP contribution is 2.29. The fourth-order valence-electron chi connectivity index (χ4n) is 3.18. The summed E-state index contributed by atoms with van der Waals surface area (Å²) in [5.74, 6) is -0.329. The SMILES string of the molecule is O=C(c1cc(-c2ccnnc2)n[nH]1)N1C[C@@H](O)[C@@H](c2ccc(Cl)cc2)C1. The number of aromatic nitrogens is 4. The molecular formula is C18H16ClN5O2. The van der Waals surface area contributed by atoms with Crippen molar-refractivity contribution in [3.05, 3.63) is 65.1 Å². The van der Waals surface area contributed by atoms with Crippen molar-refractivity contribution in [2.45, 2.75) is 12.0 Å². The van der Waals surface area contributed by atoms with Gasteiger partial charge in [0.05, 0.1) is 24.2 Å². The normalized spacial score (nSPS) is 19.7. The lowest BCUT2D eigenvalue weighted by atomic mass is 9.96. The third kappa shape index (κ3) is 3.18. The van der Waals surface area contributed by atoms with Gasteiger partial charge in [-0.1, -0.05) is 23.7 Å². The van der Waals surface area contributed by atoms with Crippen molar-refractivity contribution < 1.29 is 9.90 Å². The van der Waals surface area contributed by atoms with Gasteiger partial charge in [-0.3, -0.25) is 9.89 Å². The molecular weight excluding hydrogens is 354 g/mol. The molecule has 0 unspecified atom stereocenters. The van der Waals surface area contributed by atoms with E-state index in [1.807, 2.05) is 12.1 Å². The van der Waals surface area contributed by atoms with Crippen LogP contribution in [0.1, 0.15) is 22.0 Å². The van der Waals surface area contributed by atoms with Crippen molar-refractivity contribution in [3.63, 3.8) is 0 Å². The number of aliphatic hydroxyl groups excluding tert-OH is 1. The first kappa shape index (κ1) is 16.7. The first-order valence-electron chi connectivity index (χ1n) is 8.17. The molecule has 0 saturated carbocycles. The summed E-state index contributed by atoms with van der Waals surface area (Å²) in [7, 11) is 0. The first-order valence-corrected chi connectivity index (χ1v) is 8.55. The molecule has 0 bridgehead atoms. The van der Waals surface area contributed by atoms with Crippen LogP contribution < -0.4 is 0 Å². The van der Waals surface area contributed by atoms with Crippen molar-refractivity contribution in [3.8, 4) is 11.3 Å². The number of halogens is 1. The lowest BCUT2D eigenvalue weighted by molar-refractivity contribution is 0.0759. The predicted octanol–water partition coefficient (Wildman–Crippen LogP) is 2.12. The van der Waals surface area contributed by atoms with E-state index in [0.717, 1.165) is 11.1 Å². The summed E-state index contributed by atoms with van der Waals surface area (Å²) in [6.45, 7) is 0.712. The van der Waals surface area contributed by atoms with Gasteiger partial charge in [0.25, 0.3) is 5.91 Å². The molecule has 8 heteroatoms. The number of aliphatic hydroxyl groups is 1. The summed E-state index contributed by atoms with van der Waals surface area (Å²) >= 11 is 5.92. The fourth-order valence-corrected chi connectivity index (χ4v) is 3.31. The van der Waals surface area contributed by atoms with Crippen LogP contribution in [0.4, 0.5) is 0 Å². The van der Waals surface area contributed by atoms with E-state index in [4.69, 9.17) is 11.6 Å². The van der Waals surface area contributed by atoms with Gasteiger partial charge in [-0.15, -0.1) is 0 Å². The summed E-state index contributed by atoms with van der Waals surface area (Å²) in [5.41, 5.74) is 2.74. The van der Waals surface area contributed by atoms with Gasteiger partial charge in [-0.2, -0.15) is 15.3 Å². The number of likely N-dealkylation sites (tertiary alicyclic amines) is 1. The van der Waals surface area contributed by atoms with Gasteiger partial charge >= 0.3 is 0 Å². The molecule has 2 aromatic heterocycles. The molecule has 0 radical (unpaired) electrons. The minimum atomic E-state index is -0.619. The van der Waals surface area contributed by atoms with Crippen molar-refractivity contribution in [2.75, 3.05) is 13.1 Å². The molecule has 132 valence electrons. The van der Waals surface area contributed by atoms with Crippen molar-refractivity contribution in [1.82, 2.24) is 25.3 Å². The van der Waals surface area contributed by atoms with Crippen LogP contribution in [0.5, 0.6) is 0 Å². The third-order valence-electron chi connectivity index (χ3n) is 4.56. The Morgan fingerprint density at radius 3 is 2.73 bits per heavy atom. The molecule has 0 spiro atoms. The van der Waals surface area contributed by atoms with Gasteiger partial charge in [0.15, 0.2) is 0 Å². The second-order valence-corrected chi connectivity index (χ2v) is 6.67. The Labute approximate surface area is 154 Å². The number of nitrogens with zero attached hydrogens (tertiary/aromatic N) is 4. The molecule has 1 aliphatic heterocycles. The van der Waals surface area contributed by atoms with E-state index in [2.05, 4.69) is 20.4 Å². The molecule has 4 rings (SSSR count). The number of carbonyl (C=O) groups is 1. The molecule has 3 aromatic rings. The summed E-state index contributed by atoms with van der Waals surface area (Å²) in [4.78, 5) is 14.4. The van der Waals surface area contributed by atoms with Gasteiger partial charge in [-0.05, 0) is 29.8 Å². The molecule has 1 aromatic carbocycles. The summed E-state index contributed by atoms with van der Waals surface area (Å²) < 4.78 is 0. The van der Waals surface area contributed by atoms with Gasteiger partial charge in [0, 0.05) is 29.6 Å². The molecule has 7 nitrogen and oxygen atoms in total. The number of H-pyrrole nitrogens is 1. The van der Waals surface area contributed by atoms with E-state index in [1.165, 1.54) is 0 Å². The van der Waals surface area contributed by atoms with E-state index in [9.17, 15) is 9.90 Å². The van der Waals surface area contributed by atoms with Crippen molar-refractivity contribution in [1.29, 1.82) is 0 Å². The number of benzene rings is 1. The van der Waals surface area contributed by atoms with Crippen LogP contribution in [0.2, 0.25) is 5.02 Å². The van der Waals surface area contributed by atoms with Crippen LogP contribution >= 0.6 is 11.6 Å². The van der Waals surface area contributed by atoms with E-state index in [-0.39, 0.29) is 18.4 Å². The Kier molecular flexibility index (Phi) is 4.40. The van der Waals surface area contributed by atoms with E-state index in [0.29, 0.717) is 23.0 Å². The Hall–Kier alpha value is -2.77. The minimum absolute atomic E-state index is 0.136. The number of rotatable bonds is 3. The number of hydrogen-bond donors (Lipinski definition) is 2. The Morgan fingerprint density at radius 2 is 2.00 bits per heavy atom. The highest BCUT2D eigenvalue weighted by molar-refractivity contribution is 6.30. The number of hydrogen-bond acceptors (Lipinski definition) is 5. The molecule has 0 aliphatic carbocycles. The van der Waals surface area contributed by atoms with E-state index < -0.39 is 6.10 Å². The average Bonchev–Trinajstić information content (AvgIpc) is 3.30. The molecule has 26 heavy (non-hydrogen) atoms. The van der Waals surface area contributed by atoms with Gasteiger partial charge < -0.3 is 10.0 Å². The number of nitrogens with one attached hydrogen (secondary N) is 1. The smallest absolute Gasteiger partial charge is 0.271 e. The Balaban J connectivity index is 1.51. The lowest BCUT2D eigenvalue weighted by Gasteiger charge is -2.15. The molecule has 2 atom stereocenters. The number of carbonyl (C=O) groups excluding carboxylic acids is 1. The summed E-state index contributed by atoms with van der Waals surface area (Å²) in [6, 6.07) is 10.8. The number of aromatic amines is 1. The summed E-state index contributed by atoms with van der Waals surface area (Å²) in [5, 5.41) is 25.5. The lowest BCUT2D eigenvalue weighted by Crippen LogP contribution is -2.29. The van der Waals surface area contributed by atoms with E-state index in [1.54, 1.807) is 41.6 Å². The summed E-state index contributed by atoms with van der Waals surface area (Å²) in [6.07, 6.45) is 2.53. The largest absolute Gasteiger partial charge is 0.391 e. The zero-order valence-electron chi connectivity index (χ0n) is 13.7. The Morgan fingerprint density at radius 1 is 1.19 bits per heavy atom. The first-order chi connectivity index (χ1) is 12.6. The molecule has 1 aliphatic rings. The topological polar surface area (TPSA) is 95.0 Å². The van der Waals surface area contributed by atoms with Crippen molar-refractivity contribution in [2.24, 2.45) is 0 Å². The third-order valence-corrected chi connectivity index (χ3v) is 4.81.